The van der Waals surface area contributed by atoms with Crippen molar-refractivity contribution in [3.63, 3.8) is 0 Å². The molecule has 0 spiro atoms. The van der Waals surface area contributed by atoms with Crippen LogP contribution < -0.4 is 0 Å². The average molecular weight is 459 g/mol. The first-order chi connectivity index (χ1) is 14.6. The molecular weight excluding hydrogens is 436 g/mol. The minimum atomic E-state index is -3.53. The van der Waals surface area contributed by atoms with E-state index in [-0.39, 0.29) is 5.91 Å². The normalized spacial score (nSPS) is 15.3. The van der Waals surface area contributed by atoms with Gasteiger partial charge in [0.1, 0.15) is 0 Å². The van der Waals surface area contributed by atoms with Crippen LogP contribution in [0.25, 0.3) is 0 Å². The molecule has 1 aliphatic rings. The molecule has 1 fully saturated rings. The van der Waals surface area contributed by atoms with Crippen molar-refractivity contribution < 1.29 is 13.2 Å². The summed E-state index contributed by atoms with van der Waals surface area (Å²) in [6, 6.07) is 20.2. The summed E-state index contributed by atoms with van der Waals surface area (Å²) in [5.74, 6) is 0.784. The molecule has 3 aromatic rings. The molecule has 1 aliphatic heterocycles. The number of carbonyl (C=O) groups excluding carboxylic acids is 1. The van der Waals surface area contributed by atoms with Crippen LogP contribution in [-0.4, -0.2) is 49.7 Å². The Kier molecular flexibility index (Phi) is 6.58. The Bertz CT molecular complexity index is 1090. The first kappa shape index (κ1) is 21.1. The van der Waals surface area contributed by atoms with Crippen LogP contribution in [0.15, 0.2) is 81.9 Å². The minimum absolute atomic E-state index is 0.0407. The summed E-state index contributed by atoms with van der Waals surface area (Å²) in [6.07, 6.45) is 0. The number of benzene rings is 2. The molecule has 1 saturated heterocycles. The van der Waals surface area contributed by atoms with Crippen LogP contribution in [0.2, 0.25) is 0 Å². The number of nitrogens with zero attached hydrogens (tertiary/aromatic N) is 2. The zero-order chi connectivity index (χ0) is 21.0. The van der Waals surface area contributed by atoms with Crippen LogP contribution in [0.1, 0.15) is 15.2 Å². The lowest BCUT2D eigenvalue weighted by atomic mass is 10.2. The molecule has 0 unspecified atom stereocenters. The molecule has 0 N–H and O–H groups in total. The largest absolute Gasteiger partial charge is 0.336 e. The summed E-state index contributed by atoms with van der Waals surface area (Å²) >= 11 is 3.36. The van der Waals surface area contributed by atoms with Crippen LogP contribution in [0.3, 0.4) is 0 Å². The van der Waals surface area contributed by atoms with Gasteiger partial charge in [-0.25, -0.2) is 8.42 Å². The number of hydrogen-bond acceptors (Lipinski definition) is 5. The van der Waals surface area contributed by atoms with E-state index < -0.39 is 10.0 Å². The molecule has 4 rings (SSSR count). The summed E-state index contributed by atoms with van der Waals surface area (Å²) < 4.78 is 27.1. The van der Waals surface area contributed by atoms with Gasteiger partial charge >= 0.3 is 0 Å². The lowest BCUT2D eigenvalue weighted by Gasteiger charge is -2.34. The molecule has 156 valence electrons. The van der Waals surface area contributed by atoms with Gasteiger partial charge in [0, 0.05) is 41.7 Å². The van der Waals surface area contributed by atoms with Gasteiger partial charge in [-0.2, -0.15) is 4.31 Å². The molecule has 0 atom stereocenters. The van der Waals surface area contributed by atoms with Crippen LogP contribution >= 0.6 is 23.1 Å². The van der Waals surface area contributed by atoms with Crippen LogP contribution in [0, 0.1) is 0 Å². The summed E-state index contributed by atoms with van der Waals surface area (Å²) in [5.41, 5.74) is 0.679. The smallest absolute Gasteiger partial charge is 0.255 e. The highest BCUT2D eigenvalue weighted by molar-refractivity contribution is 7.98. The molecule has 2 aromatic carbocycles. The third kappa shape index (κ3) is 4.62. The molecule has 0 saturated carbocycles. The van der Waals surface area contributed by atoms with Crippen molar-refractivity contribution in [1.82, 2.24) is 9.21 Å². The van der Waals surface area contributed by atoms with Gasteiger partial charge in [0.15, 0.2) is 0 Å². The number of amides is 1. The average Bonchev–Trinajstić information content (AvgIpc) is 3.32. The lowest BCUT2D eigenvalue weighted by Crippen LogP contribution is -2.50. The van der Waals surface area contributed by atoms with Crippen LogP contribution in [0.5, 0.6) is 0 Å². The molecule has 8 heteroatoms. The van der Waals surface area contributed by atoms with E-state index in [9.17, 15) is 13.2 Å². The van der Waals surface area contributed by atoms with E-state index in [2.05, 4.69) is 11.4 Å². The van der Waals surface area contributed by atoms with Crippen molar-refractivity contribution in [3.8, 4) is 0 Å². The zero-order valence-corrected chi connectivity index (χ0v) is 18.8. The summed E-state index contributed by atoms with van der Waals surface area (Å²) in [7, 11) is -3.53. The highest BCUT2D eigenvalue weighted by atomic mass is 32.2. The van der Waals surface area contributed by atoms with Gasteiger partial charge in [-0.3, -0.25) is 4.79 Å². The molecule has 30 heavy (non-hydrogen) atoms. The Labute approximate surface area is 185 Å². The second kappa shape index (κ2) is 9.34. The molecule has 5 nitrogen and oxygen atoms in total. The molecule has 0 aliphatic carbocycles. The molecule has 1 aromatic heterocycles. The second-order valence-corrected chi connectivity index (χ2v) is 10.9. The van der Waals surface area contributed by atoms with Gasteiger partial charge in [0.2, 0.25) is 10.0 Å². The Morgan fingerprint density at radius 1 is 0.900 bits per heavy atom. The molecule has 0 bridgehead atoms. The maximum Gasteiger partial charge on any atom is 0.255 e. The fourth-order valence-corrected chi connectivity index (χ4v) is 6.62. The van der Waals surface area contributed by atoms with Crippen molar-refractivity contribution in [2.75, 3.05) is 26.2 Å². The van der Waals surface area contributed by atoms with E-state index in [1.165, 1.54) is 9.18 Å². The van der Waals surface area contributed by atoms with Gasteiger partial charge < -0.3 is 4.90 Å². The Morgan fingerprint density at radius 2 is 1.60 bits per heavy atom. The predicted molar refractivity (Wildman–Crippen MR) is 121 cm³/mol. The third-order valence-electron chi connectivity index (χ3n) is 4.97. The van der Waals surface area contributed by atoms with E-state index in [0.717, 1.165) is 10.6 Å². The number of hydrogen-bond donors (Lipinski definition) is 0. The number of carbonyl (C=O) groups is 1. The van der Waals surface area contributed by atoms with Gasteiger partial charge in [-0.1, -0.05) is 36.4 Å². The van der Waals surface area contributed by atoms with Crippen molar-refractivity contribution in [2.45, 2.75) is 15.5 Å². The second-order valence-electron chi connectivity index (χ2n) is 6.87. The molecule has 0 radical (unpaired) electrons. The number of sulfonamides is 1. The number of thiophene rings is 1. The number of rotatable bonds is 6. The van der Waals surface area contributed by atoms with E-state index >= 15 is 0 Å². The van der Waals surface area contributed by atoms with Gasteiger partial charge in [0.05, 0.1) is 10.5 Å². The van der Waals surface area contributed by atoms with Gasteiger partial charge in [-0.05, 0) is 35.7 Å². The Morgan fingerprint density at radius 3 is 2.30 bits per heavy atom. The van der Waals surface area contributed by atoms with Crippen molar-refractivity contribution in [3.05, 3.63) is 82.6 Å². The number of thioether (sulfide) groups is 1. The monoisotopic (exact) mass is 458 g/mol. The molecule has 2 heterocycles. The topological polar surface area (TPSA) is 57.7 Å². The first-order valence-electron chi connectivity index (χ1n) is 9.64. The fourth-order valence-electron chi connectivity index (χ4n) is 3.36. The van der Waals surface area contributed by atoms with Crippen LogP contribution in [-0.2, 0) is 15.8 Å². The van der Waals surface area contributed by atoms with Crippen molar-refractivity contribution >= 4 is 39.0 Å². The highest BCUT2D eigenvalue weighted by Crippen LogP contribution is 2.29. The zero-order valence-electron chi connectivity index (χ0n) is 16.3. The fraction of sp³-hybridized carbons (Fsp3) is 0.227. The summed E-state index contributed by atoms with van der Waals surface area (Å²) in [4.78, 5) is 17.4. The van der Waals surface area contributed by atoms with Crippen molar-refractivity contribution in [2.24, 2.45) is 0 Å². The van der Waals surface area contributed by atoms with Crippen molar-refractivity contribution in [1.29, 1.82) is 0 Å². The molecular formula is C22H22N2O3S3. The summed E-state index contributed by atoms with van der Waals surface area (Å²) in [6.45, 7) is 1.37. The van der Waals surface area contributed by atoms with E-state index in [1.807, 2.05) is 30.3 Å². The standard InChI is InChI=1S/C22H22N2O3S3/c25-22(20-10-4-5-11-21(20)29-17-18-7-6-16-28-18)23-12-14-24(15-13-23)30(26,27)19-8-2-1-3-9-19/h1-11,16H,12-15,17H2. The van der Waals surface area contributed by atoms with Gasteiger partial charge in [-0.15, -0.1) is 23.1 Å². The van der Waals surface area contributed by atoms with E-state index in [0.29, 0.717) is 36.6 Å². The lowest BCUT2D eigenvalue weighted by molar-refractivity contribution is 0.0694. The van der Waals surface area contributed by atoms with E-state index in [1.54, 1.807) is 58.3 Å². The quantitative estimate of drug-likeness (QED) is 0.520. The van der Waals surface area contributed by atoms with Crippen LogP contribution in [0.4, 0.5) is 0 Å². The maximum absolute atomic E-state index is 13.2. The highest BCUT2D eigenvalue weighted by Gasteiger charge is 2.30. The Hall–Kier alpha value is -2.13. The first-order valence-corrected chi connectivity index (χ1v) is 12.9. The third-order valence-corrected chi connectivity index (χ3v) is 9.07. The molecule has 1 amide bonds. The number of piperazine rings is 1. The predicted octanol–water partition coefficient (Wildman–Crippen LogP) is 4.19. The van der Waals surface area contributed by atoms with Gasteiger partial charge in [0.25, 0.3) is 5.91 Å². The SMILES string of the molecule is O=C(c1ccccc1SCc1cccs1)N1CCN(S(=O)(=O)c2ccccc2)CC1. The van der Waals surface area contributed by atoms with E-state index in [4.69, 9.17) is 0 Å². The summed E-state index contributed by atoms with van der Waals surface area (Å²) in [5, 5.41) is 2.05. The minimum Gasteiger partial charge on any atom is -0.336 e. The Balaban J connectivity index is 1.42. The maximum atomic E-state index is 13.2.